The minimum absolute atomic E-state index is 0.553. The normalized spacial score (nSPS) is 25.8. The van der Waals surface area contributed by atoms with Gasteiger partial charge in [-0.25, -0.2) is 0 Å². The standard InChI is InChI=1S/C9H14S/c1-7-5-3-4-6-9(7)8(2)10/h5,9-10H,2-4,6H2,1H3. The van der Waals surface area contributed by atoms with E-state index < -0.39 is 0 Å². The molecule has 0 saturated carbocycles. The fraction of sp³-hybridized carbons (Fsp3) is 0.556. The quantitative estimate of drug-likeness (QED) is 0.435. The first-order valence-corrected chi connectivity index (χ1v) is 4.21. The van der Waals surface area contributed by atoms with Crippen molar-refractivity contribution in [3.8, 4) is 0 Å². The lowest BCUT2D eigenvalue weighted by molar-refractivity contribution is 0.593. The topological polar surface area (TPSA) is 0 Å². The summed E-state index contributed by atoms with van der Waals surface area (Å²) in [5.41, 5.74) is 1.45. The Morgan fingerprint density at radius 3 is 2.90 bits per heavy atom. The van der Waals surface area contributed by atoms with E-state index in [0.717, 1.165) is 4.91 Å². The smallest absolute Gasteiger partial charge is 0.00969 e. The van der Waals surface area contributed by atoms with Crippen molar-refractivity contribution in [2.24, 2.45) is 5.92 Å². The lowest BCUT2D eigenvalue weighted by atomic mass is 9.89. The van der Waals surface area contributed by atoms with Crippen LogP contribution in [-0.4, -0.2) is 0 Å². The number of rotatable bonds is 1. The molecule has 1 heteroatoms. The zero-order valence-corrected chi connectivity index (χ0v) is 7.32. The zero-order valence-electron chi connectivity index (χ0n) is 6.43. The van der Waals surface area contributed by atoms with Crippen LogP contribution in [0.1, 0.15) is 26.2 Å². The molecule has 0 heterocycles. The molecule has 56 valence electrons. The molecule has 10 heavy (non-hydrogen) atoms. The summed E-state index contributed by atoms with van der Waals surface area (Å²) in [6.45, 7) is 6.02. The van der Waals surface area contributed by atoms with Gasteiger partial charge in [0.05, 0.1) is 0 Å². The predicted octanol–water partition coefficient (Wildman–Crippen LogP) is 3.18. The fourth-order valence-electron chi connectivity index (χ4n) is 1.45. The van der Waals surface area contributed by atoms with Gasteiger partial charge in [0.2, 0.25) is 0 Å². The third-order valence-electron chi connectivity index (χ3n) is 2.12. The molecule has 0 nitrogen and oxygen atoms in total. The van der Waals surface area contributed by atoms with Gasteiger partial charge in [0.25, 0.3) is 0 Å². The fourth-order valence-corrected chi connectivity index (χ4v) is 1.78. The Morgan fingerprint density at radius 2 is 2.50 bits per heavy atom. The van der Waals surface area contributed by atoms with Crippen LogP contribution in [0.4, 0.5) is 0 Å². The Hall–Kier alpha value is -0.170. The van der Waals surface area contributed by atoms with Crippen molar-refractivity contribution in [2.45, 2.75) is 26.2 Å². The molecule has 0 N–H and O–H groups in total. The van der Waals surface area contributed by atoms with Crippen LogP contribution in [0.25, 0.3) is 0 Å². The molecule has 0 bridgehead atoms. The van der Waals surface area contributed by atoms with E-state index in [2.05, 4.69) is 32.2 Å². The Morgan fingerprint density at radius 1 is 1.80 bits per heavy atom. The highest BCUT2D eigenvalue weighted by molar-refractivity contribution is 7.84. The summed E-state index contributed by atoms with van der Waals surface area (Å²) in [5, 5.41) is 0. The Kier molecular flexibility index (Phi) is 2.61. The molecule has 1 unspecified atom stereocenters. The first kappa shape index (κ1) is 7.93. The number of thiol groups is 1. The van der Waals surface area contributed by atoms with Crippen molar-refractivity contribution in [3.05, 3.63) is 23.1 Å². The Labute approximate surface area is 68.4 Å². The van der Waals surface area contributed by atoms with Crippen molar-refractivity contribution >= 4 is 12.6 Å². The maximum absolute atomic E-state index is 4.27. The van der Waals surface area contributed by atoms with Crippen LogP contribution in [0, 0.1) is 5.92 Å². The molecule has 0 spiro atoms. The van der Waals surface area contributed by atoms with Gasteiger partial charge in [-0.15, -0.1) is 12.6 Å². The molecule has 0 aromatic rings. The molecular formula is C9H14S. The predicted molar refractivity (Wildman–Crippen MR) is 49.2 cm³/mol. The van der Waals surface area contributed by atoms with E-state index in [1.54, 1.807) is 0 Å². The summed E-state index contributed by atoms with van der Waals surface area (Å²) in [6, 6.07) is 0. The summed E-state index contributed by atoms with van der Waals surface area (Å²) in [7, 11) is 0. The van der Waals surface area contributed by atoms with Gasteiger partial charge in [-0.05, 0) is 31.1 Å². The minimum atomic E-state index is 0.553. The molecule has 1 aliphatic rings. The van der Waals surface area contributed by atoms with Crippen LogP contribution < -0.4 is 0 Å². The lowest BCUT2D eigenvalue weighted by Gasteiger charge is -2.20. The number of hydrogen-bond acceptors (Lipinski definition) is 1. The third-order valence-corrected chi connectivity index (χ3v) is 2.43. The van der Waals surface area contributed by atoms with E-state index in [1.807, 2.05) is 0 Å². The number of hydrogen-bond donors (Lipinski definition) is 1. The summed E-state index contributed by atoms with van der Waals surface area (Å²) in [6.07, 6.45) is 6.07. The van der Waals surface area contributed by atoms with Gasteiger partial charge in [-0.2, -0.15) is 0 Å². The van der Waals surface area contributed by atoms with Gasteiger partial charge < -0.3 is 0 Å². The van der Waals surface area contributed by atoms with E-state index in [4.69, 9.17) is 0 Å². The molecule has 0 aliphatic heterocycles. The van der Waals surface area contributed by atoms with Gasteiger partial charge in [0.1, 0.15) is 0 Å². The maximum Gasteiger partial charge on any atom is 0.00969 e. The average Bonchev–Trinajstić information content (AvgIpc) is 1.88. The highest BCUT2D eigenvalue weighted by Crippen LogP contribution is 2.30. The second-order valence-corrected chi connectivity index (χ2v) is 3.50. The van der Waals surface area contributed by atoms with E-state index in [-0.39, 0.29) is 0 Å². The highest BCUT2D eigenvalue weighted by atomic mass is 32.1. The molecular weight excluding hydrogens is 140 g/mol. The second kappa shape index (κ2) is 3.29. The van der Waals surface area contributed by atoms with Gasteiger partial charge in [-0.1, -0.05) is 18.2 Å². The van der Waals surface area contributed by atoms with Gasteiger partial charge in [0.15, 0.2) is 0 Å². The first-order chi connectivity index (χ1) is 4.72. The molecule has 0 fully saturated rings. The van der Waals surface area contributed by atoms with Crippen LogP contribution in [0.5, 0.6) is 0 Å². The van der Waals surface area contributed by atoms with Crippen molar-refractivity contribution in [3.63, 3.8) is 0 Å². The van der Waals surface area contributed by atoms with Crippen LogP contribution >= 0.6 is 12.6 Å². The van der Waals surface area contributed by atoms with Crippen LogP contribution in [0.2, 0.25) is 0 Å². The van der Waals surface area contributed by atoms with Crippen molar-refractivity contribution < 1.29 is 0 Å². The van der Waals surface area contributed by atoms with Gasteiger partial charge in [-0.3, -0.25) is 0 Å². The van der Waals surface area contributed by atoms with Crippen LogP contribution in [0.15, 0.2) is 23.1 Å². The average molecular weight is 154 g/mol. The first-order valence-electron chi connectivity index (χ1n) is 3.76. The summed E-state index contributed by atoms with van der Waals surface area (Å²) in [5.74, 6) is 0.553. The molecule has 0 amide bonds. The molecule has 1 rings (SSSR count). The summed E-state index contributed by atoms with van der Waals surface area (Å²) in [4.78, 5) is 1.02. The van der Waals surface area contributed by atoms with Crippen molar-refractivity contribution in [2.75, 3.05) is 0 Å². The maximum atomic E-state index is 4.27. The third kappa shape index (κ3) is 1.66. The SMILES string of the molecule is C=C(S)C1CCCC=C1C. The molecule has 0 radical (unpaired) electrons. The van der Waals surface area contributed by atoms with Gasteiger partial charge in [0, 0.05) is 5.92 Å². The Bertz CT molecular complexity index is 168. The Balaban J connectivity index is 2.67. The van der Waals surface area contributed by atoms with Crippen molar-refractivity contribution in [1.29, 1.82) is 0 Å². The molecule has 0 aromatic carbocycles. The summed E-state index contributed by atoms with van der Waals surface area (Å²) < 4.78 is 0. The molecule has 0 saturated heterocycles. The lowest BCUT2D eigenvalue weighted by Crippen LogP contribution is -2.05. The number of allylic oxidation sites excluding steroid dienone is 3. The van der Waals surface area contributed by atoms with Crippen molar-refractivity contribution in [1.82, 2.24) is 0 Å². The monoisotopic (exact) mass is 154 g/mol. The van der Waals surface area contributed by atoms with E-state index >= 15 is 0 Å². The largest absolute Gasteiger partial charge is 0.148 e. The van der Waals surface area contributed by atoms with E-state index in [1.165, 1.54) is 24.8 Å². The highest BCUT2D eigenvalue weighted by Gasteiger charge is 2.14. The van der Waals surface area contributed by atoms with E-state index in [0.29, 0.717) is 5.92 Å². The second-order valence-electron chi connectivity index (χ2n) is 2.92. The summed E-state index contributed by atoms with van der Waals surface area (Å²) >= 11 is 4.27. The van der Waals surface area contributed by atoms with E-state index in [9.17, 15) is 0 Å². The van der Waals surface area contributed by atoms with Crippen LogP contribution in [-0.2, 0) is 0 Å². The van der Waals surface area contributed by atoms with Gasteiger partial charge >= 0.3 is 0 Å². The molecule has 1 aliphatic carbocycles. The molecule has 0 aromatic heterocycles. The van der Waals surface area contributed by atoms with Crippen LogP contribution in [0.3, 0.4) is 0 Å². The zero-order chi connectivity index (χ0) is 7.56. The molecule has 1 atom stereocenters. The minimum Gasteiger partial charge on any atom is -0.148 e.